The Kier molecular flexibility index (Phi) is 2.88. The van der Waals surface area contributed by atoms with Gasteiger partial charge in [0.15, 0.2) is 0 Å². The van der Waals surface area contributed by atoms with Crippen LogP contribution in [0.25, 0.3) is 0 Å². The number of hydrogen-bond acceptors (Lipinski definition) is 3. The highest BCUT2D eigenvalue weighted by molar-refractivity contribution is 5.79. The van der Waals surface area contributed by atoms with Crippen LogP contribution in [-0.4, -0.2) is 31.3 Å². The van der Waals surface area contributed by atoms with Gasteiger partial charge in [-0.2, -0.15) is 0 Å². The highest BCUT2D eigenvalue weighted by Crippen LogP contribution is 2.32. The van der Waals surface area contributed by atoms with Crippen molar-refractivity contribution >= 4 is 5.96 Å². The number of fused-ring (bicyclic) bond motifs is 2. The van der Waals surface area contributed by atoms with Crippen LogP contribution in [0.5, 0.6) is 0 Å². The van der Waals surface area contributed by atoms with Gasteiger partial charge >= 0.3 is 0 Å². The fourth-order valence-electron chi connectivity index (χ4n) is 2.30. The maximum Gasteiger partial charge on any atom is 0.205 e. The van der Waals surface area contributed by atoms with Crippen molar-refractivity contribution in [3.05, 3.63) is 0 Å². The molecule has 3 unspecified atom stereocenters. The topological polar surface area (TPSA) is 71.7 Å². The lowest BCUT2D eigenvalue weighted by Gasteiger charge is -2.30. The van der Waals surface area contributed by atoms with Crippen molar-refractivity contribution in [3.8, 4) is 0 Å². The number of nitrogens with two attached hydrogens (primary N) is 1. The summed E-state index contributed by atoms with van der Waals surface area (Å²) in [6.07, 6.45) is 5.51. The molecule has 4 N–H and O–H groups in total. The third-order valence-corrected chi connectivity index (χ3v) is 3.07. The van der Waals surface area contributed by atoms with Crippen molar-refractivity contribution < 1.29 is 4.74 Å². The fraction of sp³-hybridized carbons (Fsp3) is 0.889. The molecule has 2 fully saturated rings. The summed E-state index contributed by atoms with van der Waals surface area (Å²) >= 11 is 0. The largest absolute Gasteiger partial charge is 0.373 e. The van der Waals surface area contributed by atoms with E-state index in [0.29, 0.717) is 24.2 Å². The van der Waals surface area contributed by atoms with E-state index in [1.165, 1.54) is 6.42 Å². The summed E-state index contributed by atoms with van der Waals surface area (Å²) in [6.45, 7) is 0. The summed E-state index contributed by atoms with van der Waals surface area (Å²) in [5.74, 6) is 5.96. The molecule has 5 nitrogen and oxygen atoms in total. The highest BCUT2D eigenvalue weighted by Gasteiger charge is 2.36. The summed E-state index contributed by atoms with van der Waals surface area (Å²) in [7, 11) is 1.71. The van der Waals surface area contributed by atoms with Gasteiger partial charge < -0.3 is 10.1 Å². The average Bonchev–Trinajstić information content (AvgIpc) is 2.61. The van der Waals surface area contributed by atoms with Crippen molar-refractivity contribution in [3.63, 3.8) is 0 Å². The first-order valence-corrected chi connectivity index (χ1v) is 5.19. The van der Waals surface area contributed by atoms with Crippen LogP contribution in [0.4, 0.5) is 0 Å². The van der Waals surface area contributed by atoms with Gasteiger partial charge in [0.05, 0.1) is 18.2 Å². The molecule has 2 rings (SSSR count). The predicted octanol–water partition coefficient (Wildman–Crippen LogP) is -0.265. The van der Waals surface area contributed by atoms with Crippen LogP contribution in [0.2, 0.25) is 0 Å². The molecule has 0 aliphatic carbocycles. The van der Waals surface area contributed by atoms with E-state index >= 15 is 0 Å². The third-order valence-electron chi connectivity index (χ3n) is 3.07. The lowest BCUT2D eigenvalue weighted by molar-refractivity contribution is -0.0119. The van der Waals surface area contributed by atoms with Gasteiger partial charge in [-0.3, -0.25) is 10.4 Å². The van der Waals surface area contributed by atoms with Crippen LogP contribution in [0.3, 0.4) is 0 Å². The molecule has 0 radical (unpaired) electrons. The quantitative estimate of drug-likeness (QED) is 0.235. The van der Waals surface area contributed by atoms with Crippen molar-refractivity contribution in [2.45, 2.75) is 43.9 Å². The Morgan fingerprint density at radius 1 is 1.36 bits per heavy atom. The van der Waals surface area contributed by atoms with E-state index in [1.54, 1.807) is 7.05 Å². The Morgan fingerprint density at radius 2 is 2.14 bits per heavy atom. The number of ether oxygens (including phenoxy) is 1. The van der Waals surface area contributed by atoms with Crippen molar-refractivity contribution in [1.29, 1.82) is 0 Å². The van der Waals surface area contributed by atoms with Gasteiger partial charge in [0.2, 0.25) is 5.96 Å². The van der Waals surface area contributed by atoms with E-state index in [-0.39, 0.29) is 0 Å². The minimum atomic E-state index is 0.346. The number of rotatable bonds is 1. The Balaban J connectivity index is 1.91. The first-order valence-electron chi connectivity index (χ1n) is 5.19. The number of hydrazine groups is 1. The van der Waals surface area contributed by atoms with E-state index in [9.17, 15) is 0 Å². The summed E-state index contributed by atoms with van der Waals surface area (Å²) in [4.78, 5) is 4.00. The molecule has 0 amide bonds. The number of guanidine groups is 1. The maximum absolute atomic E-state index is 5.81. The van der Waals surface area contributed by atoms with Gasteiger partial charge in [0.1, 0.15) is 0 Å². The maximum atomic E-state index is 5.81. The van der Waals surface area contributed by atoms with Crippen LogP contribution < -0.4 is 16.6 Å². The minimum Gasteiger partial charge on any atom is -0.373 e. The van der Waals surface area contributed by atoms with Crippen LogP contribution in [-0.2, 0) is 4.74 Å². The normalized spacial score (nSPS) is 37.0. The molecule has 14 heavy (non-hydrogen) atoms. The van der Waals surface area contributed by atoms with Gasteiger partial charge in [0, 0.05) is 7.05 Å². The number of nitrogens with one attached hydrogen (secondary N) is 2. The molecule has 3 atom stereocenters. The van der Waals surface area contributed by atoms with E-state index in [2.05, 4.69) is 15.7 Å². The zero-order valence-corrected chi connectivity index (χ0v) is 8.49. The number of nitrogens with zero attached hydrogens (tertiary/aromatic N) is 1. The summed E-state index contributed by atoms with van der Waals surface area (Å²) in [5.41, 5.74) is 2.54. The SMILES string of the molecule is CN=C(NN)NC1CCC2CCC1O2. The molecule has 2 saturated heterocycles. The Hall–Kier alpha value is -0.810. The standard InChI is InChI=1S/C9H18N4O/c1-11-9(13-10)12-7-4-2-6-3-5-8(7)14-6/h6-8H,2-5,10H2,1H3,(H2,11,12,13). The van der Waals surface area contributed by atoms with Crippen LogP contribution >= 0.6 is 0 Å². The molecule has 2 aliphatic rings. The second-order valence-electron chi connectivity index (χ2n) is 3.92. The Morgan fingerprint density at radius 3 is 2.86 bits per heavy atom. The van der Waals surface area contributed by atoms with Gasteiger partial charge in [-0.15, -0.1) is 0 Å². The molecular formula is C9H18N4O. The van der Waals surface area contributed by atoms with Crippen LogP contribution in [0.15, 0.2) is 4.99 Å². The second-order valence-corrected chi connectivity index (χ2v) is 3.92. The second kappa shape index (κ2) is 4.14. The molecule has 5 heteroatoms. The lowest BCUT2D eigenvalue weighted by Crippen LogP contribution is -2.51. The summed E-state index contributed by atoms with van der Waals surface area (Å²) in [5, 5.41) is 3.27. The zero-order valence-electron chi connectivity index (χ0n) is 8.49. The average molecular weight is 198 g/mol. The fourth-order valence-corrected chi connectivity index (χ4v) is 2.30. The van der Waals surface area contributed by atoms with Gasteiger partial charge in [-0.1, -0.05) is 0 Å². The number of hydrogen-bond donors (Lipinski definition) is 3. The van der Waals surface area contributed by atoms with Crippen LogP contribution in [0, 0.1) is 0 Å². The van der Waals surface area contributed by atoms with E-state index in [4.69, 9.17) is 10.6 Å². The summed E-state index contributed by atoms with van der Waals surface area (Å²) in [6, 6.07) is 0.364. The molecular weight excluding hydrogens is 180 g/mol. The van der Waals surface area contributed by atoms with Gasteiger partial charge in [0.25, 0.3) is 0 Å². The molecule has 2 aliphatic heterocycles. The predicted molar refractivity (Wildman–Crippen MR) is 54.7 cm³/mol. The monoisotopic (exact) mass is 198 g/mol. The molecule has 80 valence electrons. The van der Waals surface area contributed by atoms with Gasteiger partial charge in [-0.25, -0.2) is 5.84 Å². The van der Waals surface area contributed by atoms with Crippen molar-refractivity contribution in [2.24, 2.45) is 10.8 Å². The third kappa shape index (κ3) is 1.83. The molecule has 2 bridgehead atoms. The molecule has 0 saturated carbocycles. The van der Waals surface area contributed by atoms with Crippen molar-refractivity contribution in [2.75, 3.05) is 7.05 Å². The van der Waals surface area contributed by atoms with E-state index in [0.717, 1.165) is 19.3 Å². The molecule has 0 aromatic rings. The lowest BCUT2D eigenvalue weighted by atomic mass is 10.0. The molecule has 0 aromatic carbocycles. The summed E-state index contributed by atoms with van der Waals surface area (Å²) < 4.78 is 5.81. The minimum absolute atomic E-state index is 0.346. The molecule has 0 spiro atoms. The van der Waals surface area contributed by atoms with Crippen molar-refractivity contribution in [1.82, 2.24) is 10.7 Å². The molecule has 2 heterocycles. The van der Waals surface area contributed by atoms with Gasteiger partial charge in [-0.05, 0) is 25.7 Å². The van der Waals surface area contributed by atoms with Crippen LogP contribution in [0.1, 0.15) is 25.7 Å². The highest BCUT2D eigenvalue weighted by atomic mass is 16.5. The Bertz CT molecular complexity index is 231. The first kappa shape index (κ1) is 9.73. The smallest absolute Gasteiger partial charge is 0.205 e. The first-order chi connectivity index (χ1) is 6.83. The Labute approximate surface area is 84.1 Å². The van der Waals surface area contributed by atoms with E-state index in [1.807, 2.05) is 0 Å². The van der Waals surface area contributed by atoms with E-state index < -0.39 is 0 Å². The zero-order chi connectivity index (χ0) is 9.97. The molecule has 0 aromatic heterocycles. The number of aliphatic imine (C=N–C) groups is 1.